The summed E-state index contributed by atoms with van der Waals surface area (Å²) in [6.45, 7) is 0.934. The molecule has 3 aromatic rings. The van der Waals surface area contributed by atoms with Crippen LogP contribution in [0.25, 0.3) is 0 Å². The number of carbonyl (C=O) groups excluding carboxylic acids is 1. The quantitative estimate of drug-likeness (QED) is 0.446. The van der Waals surface area contributed by atoms with E-state index < -0.39 is 12.9 Å². The molecule has 35 heavy (non-hydrogen) atoms. The van der Waals surface area contributed by atoms with Gasteiger partial charge in [0, 0.05) is 42.5 Å². The van der Waals surface area contributed by atoms with Crippen molar-refractivity contribution in [2.24, 2.45) is 0 Å². The van der Waals surface area contributed by atoms with Gasteiger partial charge in [0.1, 0.15) is 5.75 Å². The fourth-order valence-electron chi connectivity index (χ4n) is 4.01. The zero-order chi connectivity index (χ0) is 27.4. The van der Waals surface area contributed by atoms with E-state index in [2.05, 4.69) is 37.8 Å². The van der Waals surface area contributed by atoms with E-state index in [1.54, 1.807) is 20.3 Å². The SMILES string of the molecule is [2H]C([2H])([2H])NC(=O)c1nnc(Nc2cc3c(cc2OC)CCN(C)C3)nc1Nc1ccccc1C(C)OC. The van der Waals surface area contributed by atoms with E-state index in [1.165, 1.54) is 5.56 Å². The fourth-order valence-corrected chi connectivity index (χ4v) is 4.01. The van der Waals surface area contributed by atoms with Gasteiger partial charge in [-0.2, -0.15) is 4.98 Å². The second-order valence-corrected chi connectivity index (χ2v) is 8.31. The summed E-state index contributed by atoms with van der Waals surface area (Å²) in [5.41, 5.74) is 4.17. The number of methoxy groups -OCH3 is 2. The van der Waals surface area contributed by atoms with Gasteiger partial charge in [0.05, 0.1) is 18.9 Å². The van der Waals surface area contributed by atoms with Crippen molar-refractivity contribution in [3.63, 3.8) is 0 Å². The Morgan fingerprint density at radius 2 is 1.97 bits per heavy atom. The first-order valence-electron chi connectivity index (χ1n) is 12.7. The minimum Gasteiger partial charge on any atom is -0.495 e. The van der Waals surface area contributed by atoms with Crippen molar-refractivity contribution in [1.82, 2.24) is 25.4 Å². The van der Waals surface area contributed by atoms with Crippen LogP contribution >= 0.6 is 0 Å². The van der Waals surface area contributed by atoms with Crippen molar-refractivity contribution in [2.75, 3.05) is 45.4 Å². The molecule has 0 fully saturated rings. The van der Waals surface area contributed by atoms with Gasteiger partial charge in [0.25, 0.3) is 5.91 Å². The van der Waals surface area contributed by atoms with Gasteiger partial charge < -0.3 is 30.3 Å². The molecule has 4 rings (SSSR count). The van der Waals surface area contributed by atoms with Gasteiger partial charge in [-0.05, 0) is 49.7 Å². The number of anilines is 4. The lowest BCUT2D eigenvalue weighted by Crippen LogP contribution is -2.26. The predicted molar refractivity (Wildman–Crippen MR) is 135 cm³/mol. The molecule has 3 N–H and O–H groups in total. The lowest BCUT2D eigenvalue weighted by atomic mass is 9.99. The summed E-state index contributed by atoms with van der Waals surface area (Å²) in [4.78, 5) is 19.5. The van der Waals surface area contributed by atoms with Crippen LogP contribution in [0.15, 0.2) is 36.4 Å². The minimum absolute atomic E-state index is 0.0247. The van der Waals surface area contributed by atoms with Gasteiger partial charge in [-0.15, -0.1) is 10.2 Å². The topological polar surface area (TPSA) is 114 Å². The molecule has 0 aliphatic carbocycles. The summed E-state index contributed by atoms with van der Waals surface area (Å²) < 4.78 is 33.3. The molecule has 0 radical (unpaired) electrons. The monoisotopic (exact) mass is 480 g/mol. The molecule has 0 saturated carbocycles. The molecule has 184 valence electrons. The molecule has 1 aliphatic rings. The molecule has 10 heteroatoms. The van der Waals surface area contributed by atoms with E-state index in [-0.39, 0.29) is 23.6 Å². The number of aromatic nitrogens is 3. The largest absolute Gasteiger partial charge is 0.495 e. The molecular weight excluding hydrogens is 446 g/mol. The number of carbonyl (C=O) groups is 1. The lowest BCUT2D eigenvalue weighted by Gasteiger charge is -2.26. The van der Waals surface area contributed by atoms with Crippen LogP contribution in [0, 0.1) is 0 Å². The molecule has 1 unspecified atom stereocenters. The number of rotatable bonds is 8. The smallest absolute Gasteiger partial charge is 0.275 e. The molecule has 0 bridgehead atoms. The summed E-state index contributed by atoms with van der Waals surface area (Å²) in [5.74, 6) is -0.199. The number of para-hydroxylation sites is 1. The number of nitrogens with one attached hydrogen (secondary N) is 3. The van der Waals surface area contributed by atoms with Crippen molar-refractivity contribution in [2.45, 2.75) is 26.0 Å². The number of hydrogen-bond donors (Lipinski definition) is 3. The molecule has 1 atom stereocenters. The third-order valence-corrected chi connectivity index (χ3v) is 5.99. The van der Waals surface area contributed by atoms with Crippen LogP contribution < -0.4 is 20.7 Å². The first kappa shape index (κ1) is 20.6. The number of hydrogen-bond acceptors (Lipinski definition) is 9. The highest BCUT2D eigenvalue weighted by Crippen LogP contribution is 2.33. The molecule has 1 amide bonds. The fraction of sp³-hybridized carbons (Fsp3) is 0.360. The van der Waals surface area contributed by atoms with E-state index in [9.17, 15) is 4.79 Å². The zero-order valence-corrected chi connectivity index (χ0v) is 20.2. The molecule has 2 heterocycles. The summed E-state index contributed by atoms with van der Waals surface area (Å²) in [6, 6.07) is 11.3. The second-order valence-electron chi connectivity index (χ2n) is 8.31. The summed E-state index contributed by atoms with van der Waals surface area (Å²) in [5, 5.41) is 16.3. The Hall–Kier alpha value is -3.76. The van der Waals surface area contributed by atoms with E-state index in [0.29, 0.717) is 17.1 Å². The van der Waals surface area contributed by atoms with Gasteiger partial charge in [-0.3, -0.25) is 4.79 Å². The Morgan fingerprint density at radius 1 is 1.14 bits per heavy atom. The molecule has 1 aliphatic heterocycles. The Labute approximate surface area is 209 Å². The van der Waals surface area contributed by atoms with E-state index >= 15 is 0 Å². The van der Waals surface area contributed by atoms with Crippen LogP contribution in [0.1, 0.15) is 44.3 Å². The number of benzene rings is 2. The van der Waals surface area contributed by atoms with E-state index in [0.717, 1.165) is 30.6 Å². The van der Waals surface area contributed by atoms with Crippen molar-refractivity contribution < 1.29 is 18.4 Å². The van der Waals surface area contributed by atoms with Crippen LogP contribution in [-0.4, -0.2) is 60.8 Å². The number of nitrogens with zero attached hydrogens (tertiary/aromatic N) is 4. The predicted octanol–water partition coefficient (Wildman–Crippen LogP) is 3.42. The molecule has 10 nitrogen and oxygen atoms in total. The number of ether oxygens (including phenoxy) is 2. The molecular formula is C25H31N7O3. The standard InChI is InChI=1S/C25H31N7O3/c1-15(34-4)18-8-6-7-9-19(18)27-23-22(24(33)26-2)30-31-25(29-23)28-20-12-17-14-32(3)11-10-16(17)13-21(20)35-5/h6-9,12-13,15H,10-11,14H2,1-5H3,(H,26,33)(H2,27,28,29,31)/i2D3. The summed E-state index contributed by atoms with van der Waals surface area (Å²) in [7, 11) is 5.25. The summed E-state index contributed by atoms with van der Waals surface area (Å²) in [6.07, 6.45) is 0.657. The highest BCUT2D eigenvalue weighted by molar-refractivity contribution is 5.97. The van der Waals surface area contributed by atoms with Crippen LogP contribution in [-0.2, 0) is 17.7 Å². The number of fused-ring (bicyclic) bond motifs is 1. The average Bonchev–Trinajstić information content (AvgIpc) is 2.87. The van der Waals surface area contributed by atoms with E-state index in [4.69, 9.17) is 13.6 Å². The van der Waals surface area contributed by atoms with Crippen molar-refractivity contribution in [3.8, 4) is 5.75 Å². The Morgan fingerprint density at radius 3 is 2.74 bits per heavy atom. The van der Waals surface area contributed by atoms with Gasteiger partial charge in [0.15, 0.2) is 11.5 Å². The molecule has 0 spiro atoms. The van der Waals surface area contributed by atoms with Crippen molar-refractivity contribution in [1.29, 1.82) is 0 Å². The Kier molecular flexibility index (Phi) is 6.28. The van der Waals surface area contributed by atoms with Crippen molar-refractivity contribution in [3.05, 3.63) is 58.8 Å². The third-order valence-electron chi connectivity index (χ3n) is 5.99. The first-order valence-corrected chi connectivity index (χ1v) is 11.2. The van der Waals surface area contributed by atoms with Crippen molar-refractivity contribution >= 4 is 29.0 Å². The molecule has 0 saturated heterocycles. The van der Waals surface area contributed by atoms with Crippen LogP contribution in [0.4, 0.5) is 23.1 Å². The van der Waals surface area contributed by atoms with Gasteiger partial charge >= 0.3 is 0 Å². The maximum Gasteiger partial charge on any atom is 0.275 e. The summed E-state index contributed by atoms with van der Waals surface area (Å²) >= 11 is 0. The van der Waals surface area contributed by atoms with E-state index in [1.807, 2.05) is 42.6 Å². The third kappa shape index (κ3) is 5.33. The average molecular weight is 481 g/mol. The minimum atomic E-state index is -2.71. The maximum atomic E-state index is 12.8. The molecule has 1 aromatic heterocycles. The van der Waals surface area contributed by atoms with Crippen LogP contribution in [0.3, 0.4) is 0 Å². The van der Waals surface area contributed by atoms with Gasteiger partial charge in [0.2, 0.25) is 5.95 Å². The van der Waals surface area contributed by atoms with Crippen LogP contribution in [0.5, 0.6) is 5.75 Å². The normalized spacial score (nSPS) is 15.7. The number of likely N-dealkylation sites (N-methyl/N-ethyl adjacent to an activating group) is 1. The highest BCUT2D eigenvalue weighted by atomic mass is 16.5. The maximum absolute atomic E-state index is 12.8. The lowest BCUT2D eigenvalue weighted by molar-refractivity contribution is 0.0957. The second kappa shape index (κ2) is 10.7. The highest BCUT2D eigenvalue weighted by Gasteiger charge is 2.21. The Bertz CT molecular complexity index is 1320. The van der Waals surface area contributed by atoms with Gasteiger partial charge in [-0.1, -0.05) is 18.2 Å². The van der Waals surface area contributed by atoms with Crippen LogP contribution in [0.2, 0.25) is 0 Å². The zero-order valence-electron chi connectivity index (χ0n) is 23.2. The number of amides is 1. The first-order chi connectivity index (χ1) is 18.1. The Balaban J connectivity index is 1.73. The molecule has 2 aromatic carbocycles. The van der Waals surface area contributed by atoms with Gasteiger partial charge in [-0.25, -0.2) is 0 Å².